The SMILES string of the molecule is CC1(C(=O)N2CCC(C(=O)N3CC(CNc4ncc(C(F)(F)F)cn4)C(c4ccc(F)cc4)C3)CC2)CC1. The quantitative estimate of drug-likeness (QED) is 0.560. The van der Waals surface area contributed by atoms with Crippen LogP contribution in [0.1, 0.15) is 49.7 Å². The monoisotopic (exact) mass is 533 g/mol. The molecule has 5 rings (SSSR count). The molecule has 1 aliphatic carbocycles. The molecular formula is C27H31F4N5O2. The van der Waals surface area contributed by atoms with E-state index in [0.29, 0.717) is 45.6 Å². The zero-order valence-electron chi connectivity index (χ0n) is 21.2. The van der Waals surface area contributed by atoms with Crippen LogP contribution in [0.4, 0.5) is 23.5 Å². The van der Waals surface area contributed by atoms with Crippen molar-refractivity contribution in [1.29, 1.82) is 0 Å². The number of likely N-dealkylation sites (tertiary alicyclic amines) is 2. The molecule has 3 heterocycles. The number of nitrogens with one attached hydrogen (secondary N) is 1. The molecule has 2 aromatic rings. The Bertz CT molecular complexity index is 1160. The fourth-order valence-electron chi connectivity index (χ4n) is 5.50. The first kappa shape index (κ1) is 26.4. The maximum absolute atomic E-state index is 13.6. The van der Waals surface area contributed by atoms with Crippen LogP contribution in [0.3, 0.4) is 0 Å². The van der Waals surface area contributed by atoms with Crippen LogP contribution in [0.5, 0.6) is 0 Å². The van der Waals surface area contributed by atoms with E-state index >= 15 is 0 Å². The molecule has 1 N–H and O–H groups in total. The van der Waals surface area contributed by atoms with Crippen molar-refractivity contribution in [2.75, 3.05) is 38.0 Å². The maximum atomic E-state index is 13.6. The largest absolute Gasteiger partial charge is 0.419 e. The third kappa shape index (κ3) is 5.61. The van der Waals surface area contributed by atoms with Gasteiger partial charge in [-0.2, -0.15) is 13.2 Å². The number of hydrogen-bond donors (Lipinski definition) is 1. The van der Waals surface area contributed by atoms with E-state index in [-0.39, 0.29) is 46.7 Å². The molecule has 0 bridgehead atoms. The van der Waals surface area contributed by atoms with E-state index in [2.05, 4.69) is 15.3 Å². The van der Waals surface area contributed by atoms with E-state index < -0.39 is 11.7 Å². The summed E-state index contributed by atoms with van der Waals surface area (Å²) in [6, 6.07) is 6.18. The Morgan fingerprint density at radius 2 is 1.66 bits per heavy atom. The van der Waals surface area contributed by atoms with Crippen LogP contribution in [0, 0.1) is 23.1 Å². The number of halogens is 4. The second-order valence-corrected chi connectivity index (χ2v) is 11.0. The fourth-order valence-corrected chi connectivity index (χ4v) is 5.50. The number of aromatic nitrogens is 2. The second-order valence-electron chi connectivity index (χ2n) is 11.0. The van der Waals surface area contributed by atoms with Crippen LogP contribution in [-0.2, 0) is 15.8 Å². The van der Waals surface area contributed by atoms with Crippen LogP contribution in [0.25, 0.3) is 0 Å². The van der Waals surface area contributed by atoms with Crippen molar-refractivity contribution < 1.29 is 27.2 Å². The minimum absolute atomic E-state index is 0.0510. The maximum Gasteiger partial charge on any atom is 0.419 e. The molecule has 2 saturated heterocycles. The molecule has 2 aliphatic heterocycles. The lowest BCUT2D eigenvalue weighted by Crippen LogP contribution is -2.45. The molecule has 2 unspecified atom stereocenters. The average molecular weight is 534 g/mol. The number of nitrogens with zero attached hydrogens (tertiary/aromatic N) is 4. The van der Waals surface area contributed by atoms with Gasteiger partial charge in [-0.1, -0.05) is 19.1 Å². The van der Waals surface area contributed by atoms with Crippen LogP contribution in [0.15, 0.2) is 36.7 Å². The van der Waals surface area contributed by atoms with Crippen molar-refractivity contribution >= 4 is 17.8 Å². The van der Waals surface area contributed by atoms with E-state index in [1.165, 1.54) is 12.1 Å². The Hall–Kier alpha value is -3.24. The summed E-state index contributed by atoms with van der Waals surface area (Å²) >= 11 is 0. The third-order valence-corrected chi connectivity index (χ3v) is 8.20. The number of rotatable bonds is 6. The lowest BCUT2D eigenvalue weighted by Gasteiger charge is -2.34. The Kier molecular flexibility index (Phi) is 7.04. The molecule has 11 heteroatoms. The zero-order chi connectivity index (χ0) is 27.1. The van der Waals surface area contributed by atoms with Crippen molar-refractivity contribution in [3.05, 3.63) is 53.6 Å². The molecule has 3 fully saturated rings. The Morgan fingerprint density at radius 3 is 2.24 bits per heavy atom. The van der Waals surface area contributed by atoms with E-state index in [1.54, 1.807) is 12.1 Å². The first-order valence-corrected chi connectivity index (χ1v) is 13.0. The molecule has 0 spiro atoms. The van der Waals surface area contributed by atoms with Gasteiger partial charge in [0, 0.05) is 68.3 Å². The standard InChI is InChI=1S/C27H31F4N5O2/c1-26(8-9-26)24(38)35-10-6-18(7-11-35)23(37)36-15-19(22(16-36)17-2-4-21(28)5-3-17)12-32-25-33-13-20(14-34-25)27(29,30)31/h2-5,13-14,18-19,22H,6-12,15-16H2,1H3,(H,32,33,34). The van der Waals surface area contributed by atoms with Gasteiger partial charge in [0.1, 0.15) is 5.82 Å². The van der Waals surface area contributed by atoms with Crippen LogP contribution in [0.2, 0.25) is 0 Å². The Balaban J connectivity index is 1.23. The number of alkyl halides is 3. The van der Waals surface area contributed by atoms with Gasteiger partial charge in [0.2, 0.25) is 17.8 Å². The van der Waals surface area contributed by atoms with E-state index in [9.17, 15) is 27.2 Å². The summed E-state index contributed by atoms with van der Waals surface area (Å²) in [5.74, 6) is -0.363. The topological polar surface area (TPSA) is 78.4 Å². The minimum Gasteiger partial charge on any atom is -0.354 e. The predicted molar refractivity (Wildman–Crippen MR) is 131 cm³/mol. The summed E-state index contributed by atoms with van der Waals surface area (Å²) in [6.45, 7) is 4.40. The van der Waals surface area contributed by atoms with Crippen LogP contribution in [-0.4, -0.2) is 64.3 Å². The number of anilines is 1. The number of hydrogen-bond acceptors (Lipinski definition) is 5. The van der Waals surface area contributed by atoms with Gasteiger partial charge in [-0.15, -0.1) is 0 Å². The molecule has 2 atom stereocenters. The van der Waals surface area contributed by atoms with Gasteiger partial charge in [0.15, 0.2) is 0 Å². The smallest absolute Gasteiger partial charge is 0.354 e. The molecule has 3 aliphatic rings. The zero-order valence-corrected chi connectivity index (χ0v) is 21.2. The summed E-state index contributed by atoms with van der Waals surface area (Å²) in [5.41, 5.74) is -0.255. The van der Waals surface area contributed by atoms with Gasteiger partial charge in [-0.05, 0) is 43.4 Å². The van der Waals surface area contributed by atoms with E-state index in [0.717, 1.165) is 30.8 Å². The molecule has 38 heavy (non-hydrogen) atoms. The molecule has 0 radical (unpaired) electrons. The highest BCUT2D eigenvalue weighted by molar-refractivity contribution is 5.85. The first-order valence-electron chi connectivity index (χ1n) is 13.0. The van der Waals surface area contributed by atoms with Crippen molar-refractivity contribution in [3.63, 3.8) is 0 Å². The normalized spacial score (nSPS) is 23.4. The Morgan fingerprint density at radius 1 is 1.03 bits per heavy atom. The van der Waals surface area contributed by atoms with Gasteiger partial charge in [-0.25, -0.2) is 14.4 Å². The minimum atomic E-state index is -4.52. The predicted octanol–water partition coefficient (Wildman–Crippen LogP) is 4.33. The van der Waals surface area contributed by atoms with Crippen molar-refractivity contribution in [3.8, 4) is 0 Å². The molecular weight excluding hydrogens is 502 g/mol. The van der Waals surface area contributed by atoms with Crippen LogP contribution < -0.4 is 5.32 Å². The molecule has 2 amide bonds. The number of carbonyl (C=O) groups is 2. The molecule has 1 saturated carbocycles. The van der Waals surface area contributed by atoms with Crippen molar-refractivity contribution in [1.82, 2.24) is 19.8 Å². The number of carbonyl (C=O) groups excluding carboxylic acids is 2. The second kappa shape index (κ2) is 10.1. The highest BCUT2D eigenvalue weighted by Crippen LogP contribution is 2.47. The van der Waals surface area contributed by atoms with Gasteiger partial charge in [0.05, 0.1) is 5.56 Å². The summed E-state index contributed by atoms with van der Waals surface area (Å²) in [4.78, 5) is 37.4. The molecule has 1 aromatic heterocycles. The van der Waals surface area contributed by atoms with E-state index in [1.807, 2.05) is 16.7 Å². The number of piperidine rings is 1. The summed E-state index contributed by atoms with van der Waals surface area (Å²) in [7, 11) is 0. The average Bonchev–Trinajstić information content (AvgIpc) is 3.52. The molecule has 204 valence electrons. The van der Waals surface area contributed by atoms with Crippen molar-refractivity contribution in [2.45, 2.75) is 44.7 Å². The summed E-state index contributed by atoms with van der Waals surface area (Å²) in [6.07, 6.45) is 0.0570. The number of benzene rings is 1. The first-order chi connectivity index (χ1) is 18.0. The fraction of sp³-hybridized carbons (Fsp3) is 0.556. The molecule has 7 nitrogen and oxygen atoms in total. The number of amides is 2. The highest BCUT2D eigenvalue weighted by Gasteiger charge is 2.48. The lowest BCUT2D eigenvalue weighted by molar-refractivity contribution is -0.142. The summed E-state index contributed by atoms with van der Waals surface area (Å²) < 4.78 is 52.0. The highest BCUT2D eigenvalue weighted by atomic mass is 19.4. The van der Waals surface area contributed by atoms with Gasteiger partial charge >= 0.3 is 6.18 Å². The van der Waals surface area contributed by atoms with Crippen molar-refractivity contribution in [2.24, 2.45) is 17.3 Å². The third-order valence-electron chi connectivity index (χ3n) is 8.20. The lowest BCUT2D eigenvalue weighted by atomic mass is 9.89. The molecule has 1 aromatic carbocycles. The van der Waals surface area contributed by atoms with Crippen LogP contribution >= 0.6 is 0 Å². The Labute approximate surface area is 218 Å². The van der Waals surface area contributed by atoms with Gasteiger partial charge in [0.25, 0.3) is 0 Å². The summed E-state index contributed by atoms with van der Waals surface area (Å²) in [5, 5.41) is 3.01. The van der Waals surface area contributed by atoms with Gasteiger partial charge in [-0.3, -0.25) is 9.59 Å². The van der Waals surface area contributed by atoms with Gasteiger partial charge < -0.3 is 15.1 Å². The van der Waals surface area contributed by atoms with E-state index in [4.69, 9.17) is 0 Å².